The zero-order valence-electron chi connectivity index (χ0n) is 16.2. The first-order valence-corrected chi connectivity index (χ1v) is 9.71. The highest BCUT2D eigenvalue weighted by atomic mass is 15.3. The van der Waals surface area contributed by atoms with Crippen LogP contribution in [-0.4, -0.2) is 99.7 Å². The van der Waals surface area contributed by atoms with Gasteiger partial charge >= 0.3 is 0 Å². The number of aliphatic imine (C=N–C) groups is 1. The Bertz CT molecular complexity index is 378. The van der Waals surface area contributed by atoms with Gasteiger partial charge in [-0.1, -0.05) is 13.8 Å². The van der Waals surface area contributed by atoms with E-state index in [0.717, 1.165) is 25.6 Å². The van der Waals surface area contributed by atoms with Gasteiger partial charge < -0.3 is 20.4 Å². The molecule has 2 aliphatic rings. The molecule has 0 aromatic heterocycles. The van der Waals surface area contributed by atoms with Crippen LogP contribution in [0.25, 0.3) is 0 Å². The minimum absolute atomic E-state index is 0.630. The number of piperazine rings is 1. The number of nitrogens with zero attached hydrogens (tertiary/aromatic N) is 4. The third kappa shape index (κ3) is 6.22. The average molecular weight is 339 g/mol. The van der Waals surface area contributed by atoms with Gasteiger partial charge in [0.2, 0.25) is 0 Å². The fourth-order valence-electron chi connectivity index (χ4n) is 3.78. The van der Waals surface area contributed by atoms with Gasteiger partial charge in [-0.2, -0.15) is 0 Å². The predicted molar refractivity (Wildman–Crippen MR) is 103 cm³/mol. The number of guanidine groups is 1. The van der Waals surface area contributed by atoms with Crippen LogP contribution in [0, 0.1) is 5.92 Å². The van der Waals surface area contributed by atoms with Gasteiger partial charge in [-0.3, -0.25) is 9.89 Å². The third-order valence-electron chi connectivity index (χ3n) is 5.42. The minimum atomic E-state index is 0.630. The molecule has 0 bridgehead atoms. The zero-order chi connectivity index (χ0) is 17.4. The Kier molecular flexibility index (Phi) is 8.29. The third-order valence-corrected chi connectivity index (χ3v) is 5.42. The number of rotatable bonds is 7. The highest BCUT2D eigenvalue weighted by molar-refractivity contribution is 5.79. The van der Waals surface area contributed by atoms with Gasteiger partial charge in [0.25, 0.3) is 0 Å². The summed E-state index contributed by atoms with van der Waals surface area (Å²) in [6, 6.07) is 0.663. The van der Waals surface area contributed by atoms with Gasteiger partial charge in [-0.05, 0) is 38.9 Å². The fraction of sp³-hybridized carbons (Fsp3) is 0.944. The summed E-state index contributed by atoms with van der Waals surface area (Å²) in [4.78, 5) is 11.9. The summed E-state index contributed by atoms with van der Waals surface area (Å²) in [5.74, 6) is 1.58. The van der Waals surface area contributed by atoms with Crippen LogP contribution >= 0.6 is 0 Å². The molecule has 0 radical (unpaired) electrons. The first-order chi connectivity index (χ1) is 11.6. The number of hydrogen-bond donors (Lipinski definition) is 2. The van der Waals surface area contributed by atoms with Crippen LogP contribution in [0.2, 0.25) is 0 Å². The summed E-state index contributed by atoms with van der Waals surface area (Å²) >= 11 is 0. The summed E-state index contributed by atoms with van der Waals surface area (Å²) in [7, 11) is 4.08. The Morgan fingerprint density at radius 3 is 2.58 bits per heavy atom. The smallest absolute Gasteiger partial charge is 0.191 e. The molecule has 0 amide bonds. The average Bonchev–Trinajstić information content (AvgIpc) is 3.04. The highest BCUT2D eigenvalue weighted by Gasteiger charge is 2.23. The Morgan fingerprint density at radius 1 is 1.17 bits per heavy atom. The number of likely N-dealkylation sites (N-methyl/N-ethyl adjacent to an activating group) is 2. The quantitative estimate of drug-likeness (QED) is 0.523. The molecule has 0 spiro atoms. The Morgan fingerprint density at radius 2 is 1.92 bits per heavy atom. The van der Waals surface area contributed by atoms with E-state index in [1.165, 1.54) is 52.1 Å². The lowest BCUT2D eigenvalue weighted by molar-refractivity contribution is 0.139. The molecule has 2 heterocycles. The van der Waals surface area contributed by atoms with Gasteiger partial charge in [0.05, 0.1) is 0 Å². The summed E-state index contributed by atoms with van der Waals surface area (Å²) in [5.41, 5.74) is 0. The largest absolute Gasteiger partial charge is 0.356 e. The maximum Gasteiger partial charge on any atom is 0.191 e. The fourth-order valence-corrected chi connectivity index (χ4v) is 3.78. The lowest BCUT2D eigenvalue weighted by Crippen LogP contribution is -2.48. The molecular formula is C18H38N6. The van der Waals surface area contributed by atoms with Crippen molar-refractivity contribution in [1.82, 2.24) is 25.3 Å². The van der Waals surface area contributed by atoms with Gasteiger partial charge in [0.15, 0.2) is 5.96 Å². The Balaban J connectivity index is 1.63. The second kappa shape index (κ2) is 10.2. The van der Waals surface area contributed by atoms with Crippen molar-refractivity contribution in [3.8, 4) is 0 Å². The van der Waals surface area contributed by atoms with Crippen LogP contribution in [-0.2, 0) is 0 Å². The second-order valence-electron chi connectivity index (χ2n) is 7.47. The van der Waals surface area contributed by atoms with Crippen molar-refractivity contribution in [1.29, 1.82) is 0 Å². The van der Waals surface area contributed by atoms with Crippen LogP contribution in [0.5, 0.6) is 0 Å². The van der Waals surface area contributed by atoms with Crippen LogP contribution in [0.4, 0.5) is 0 Å². The Hall–Kier alpha value is -0.850. The summed E-state index contributed by atoms with van der Waals surface area (Å²) in [5, 5.41) is 7.03. The summed E-state index contributed by atoms with van der Waals surface area (Å²) < 4.78 is 0. The molecule has 0 aromatic rings. The van der Waals surface area contributed by atoms with Crippen molar-refractivity contribution >= 4 is 5.96 Å². The van der Waals surface area contributed by atoms with Crippen molar-refractivity contribution in [3.05, 3.63) is 0 Å². The molecular weight excluding hydrogens is 300 g/mol. The van der Waals surface area contributed by atoms with Crippen molar-refractivity contribution in [2.75, 3.05) is 73.0 Å². The maximum absolute atomic E-state index is 4.38. The van der Waals surface area contributed by atoms with E-state index in [0.29, 0.717) is 12.0 Å². The normalized spacial score (nSPS) is 25.8. The minimum Gasteiger partial charge on any atom is -0.356 e. The molecule has 0 saturated carbocycles. The second-order valence-corrected chi connectivity index (χ2v) is 7.47. The zero-order valence-corrected chi connectivity index (χ0v) is 16.2. The van der Waals surface area contributed by atoms with Crippen molar-refractivity contribution in [2.45, 2.75) is 32.7 Å². The molecule has 2 N–H and O–H groups in total. The van der Waals surface area contributed by atoms with E-state index in [1.807, 2.05) is 7.05 Å². The summed E-state index contributed by atoms with van der Waals surface area (Å²) in [6.07, 6.45) is 2.63. The molecule has 0 aliphatic carbocycles. The molecule has 24 heavy (non-hydrogen) atoms. The van der Waals surface area contributed by atoms with Gasteiger partial charge in [0.1, 0.15) is 0 Å². The molecule has 2 rings (SSSR count). The van der Waals surface area contributed by atoms with Crippen LogP contribution in [0.15, 0.2) is 4.99 Å². The van der Waals surface area contributed by atoms with E-state index in [2.05, 4.69) is 51.2 Å². The lowest BCUT2D eigenvalue weighted by Gasteiger charge is -2.34. The first-order valence-electron chi connectivity index (χ1n) is 9.71. The SMILES string of the molecule is CCN1CCCC1CNC(=NC)NCC(C)CN1CCN(C)CC1. The van der Waals surface area contributed by atoms with E-state index >= 15 is 0 Å². The van der Waals surface area contributed by atoms with Crippen LogP contribution < -0.4 is 10.6 Å². The predicted octanol–water partition coefficient (Wildman–Crippen LogP) is 0.519. The van der Waals surface area contributed by atoms with Crippen molar-refractivity contribution < 1.29 is 0 Å². The monoisotopic (exact) mass is 338 g/mol. The van der Waals surface area contributed by atoms with E-state index in [-0.39, 0.29) is 0 Å². The molecule has 6 heteroatoms. The number of likely N-dealkylation sites (tertiary alicyclic amines) is 1. The van der Waals surface area contributed by atoms with Gasteiger partial charge in [-0.15, -0.1) is 0 Å². The van der Waals surface area contributed by atoms with Crippen LogP contribution in [0.3, 0.4) is 0 Å². The van der Waals surface area contributed by atoms with E-state index in [1.54, 1.807) is 0 Å². The van der Waals surface area contributed by atoms with Crippen molar-refractivity contribution in [2.24, 2.45) is 10.9 Å². The first kappa shape index (κ1) is 19.5. The van der Waals surface area contributed by atoms with Gasteiger partial charge in [0, 0.05) is 58.9 Å². The van der Waals surface area contributed by atoms with Gasteiger partial charge in [-0.25, -0.2) is 0 Å². The molecule has 2 saturated heterocycles. The Labute approximate surface area is 148 Å². The van der Waals surface area contributed by atoms with E-state index in [4.69, 9.17) is 0 Å². The lowest BCUT2D eigenvalue weighted by atomic mass is 10.1. The molecule has 2 aliphatic heterocycles. The molecule has 6 nitrogen and oxygen atoms in total. The van der Waals surface area contributed by atoms with E-state index in [9.17, 15) is 0 Å². The topological polar surface area (TPSA) is 46.1 Å². The molecule has 2 unspecified atom stereocenters. The molecule has 2 atom stereocenters. The van der Waals surface area contributed by atoms with Crippen molar-refractivity contribution in [3.63, 3.8) is 0 Å². The maximum atomic E-state index is 4.38. The molecule has 140 valence electrons. The number of hydrogen-bond acceptors (Lipinski definition) is 4. The highest BCUT2D eigenvalue weighted by Crippen LogP contribution is 2.15. The standard InChI is InChI=1S/C18H38N6/c1-5-24-8-6-7-17(24)14-21-18(19-3)20-13-16(2)15-23-11-9-22(4)10-12-23/h16-17H,5-15H2,1-4H3,(H2,19,20,21). The van der Waals surface area contributed by atoms with Crippen LogP contribution in [0.1, 0.15) is 26.7 Å². The molecule has 2 fully saturated rings. The molecule has 0 aromatic carbocycles. The number of nitrogens with one attached hydrogen (secondary N) is 2. The summed E-state index contributed by atoms with van der Waals surface area (Å²) in [6.45, 7) is 14.9. The van der Waals surface area contributed by atoms with E-state index < -0.39 is 0 Å².